The predicted molar refractivity (Wildman–Crippen MR) is 110 cm³/mol. The second-order valence-corrected chi connectivity index (χ2v) is 9.29. The lowest BCUT2D eigenvalue weighted by atomic mass is 10.0. The van der Waals surface area contributed by atoms with Gasteiger partial charge in [-0.15, -0.1) is 0 Å². The SMILES string of the molecule is CCOC(=O)[C@@H]1[C@@H](C(=O)c2ccccc2)[C@H]1[C@@H]1COC(C)(C)N1C(=O)OC(C)(C)C. The fraction of sp³-hybridized carbons (Fsp3) is 0.609. The molecule has 0 N–H and O–H groups in total. The number of carbonyl (C=O) groups is 3. The summed E-state index contributed by atoms with van der Waals surface area (Å²) in [7, 11) is 0. The molecule has 2 aliphatic rings. The molecule has 1 saturated carbocycles. The number of benzene rings is 1. The zero-order valence-corrected chi connectivity index (χ0v) is 18.5. The van der Waals surface area contributed by atoms with Gasteiger partial charge in [0.15, 0.2) is 5.78 Å². The Morgan fingerprint density at radius 2 is 1.77 bits per heavy atom. The number of amides is 1. The average Bonchev–Trinajstić information content (AvgIpc) is 3.30. The van der Waals surface area contributed by atoms with Crippen molar-refractivity contribution in [2.45, 2.75) is 58.9 Å². The first-order valence-electron chi connectivity index (χ1n) is 10.4. The Hall–Kier alpha value is -2.41. The van der Waals surface area contributed by atoms with E-state index in [1.54, 1.807) is 65.8 Å². The van der Waals surface area contributed by atoms with Gasteiger partial charge in [0, 0.05) is 17.4 Å². The van der Waals surface area contributed by atoms with Crippen molar-refractivity contribution in [1.82, 2.24) is 4.90 Å². The van der Waals surface area contributed by atoms with Crippen LogP contribution in [0.5, 0.6) is 0 Å². The van der Waals surface area contributed by atoms with Crippen molar-refractivity contribution in [3.63, 3.8) is 0 Å². The smallest absolute Gasteiger partial charge is 0.412 e. The lowest BCUT2D eigenvalue weighted by Gasteiger charge is -2.35. The second kappa shape index (κ2) is 8.02. The topological polar surface area (TPSA) is 82.1 Å². The number of nitrogens with zero attached hydrogens (tertiary/aromatic N) is 1. The van der Waals surface area contributed by atoms with Crippen LogP contribution in [0.2, 0.25) is 0 Å². The van der Waals surface area contributed by atoms with Crippen LogP contribution in [-0.2, 0) is 19.0 Å². The summed E-state index contributed by atoms with van der Waals surface area (Å²) >= 11 is 0. The number of hydrogen-bond acceptors (Lipinski definition) is 6. The van der Waals surface area contributed by atoms with Crippen molar-refractivity contribution in [1.29, 1.82) is 0 Å². The first-order chi connectivity index (χ1) is 14.0. The Bertz CT molecular complexity index is 813. The number of rotatable bonds is 5. The summed E-state index contributed by atoms with van der Waals surface area (Å²) in [5, 5.41) is 0. The molecule has 1 aliphatic heterocycles. The Labute approximate surface area is 177 Å². The summed E-state index contributed by atoms with van der Waals surface area (Å²) in [4.78, 5) is 40.3. The van der Waals surface area contributed by atoms with Crippen LogP contribution in [0, 0.1) is 17.8 Å². The maximum atomic E-state index is 13.2. The highest BCUT2D eigenvalue weighted by atomic mass is 16.6. The number of Topliss-reactive ketones (excluding diaryl/α,β-unsaturated/α-hetero) is 1. The highest BCUT2D eigenvalue weighted by Gasteiger charge is 2.66. The zero-order valence-electron chi connectivity index (χ0n) is 18.5. The van der Waals surface area contributed by atoms with E-state index in [0.29, 0.717) is 5.56 Å². The maximum absolute atomic E-state index is 13.2. The van der Waals surface area contributed by atoms with Gasteiger partial charge in [-0.2, -0.15) is 0 Å². The zero-order chi connectivity index (χ0) is 22.3. The third-order valence-corrected chi connectivity index (χ3v) is 5.55. The van der Waals surface area contributed by atoms with Crippen molar-refractivity contribution in [2.75, 3.05) is 13.2 Å². The van der Waals surface area contributed by atoms with E-state index in [1.165, 1.54) is 4.90 Å². The third-order valence-electron chi connectivity index (χ3n) is 5.55. The minimum Gasteiger partial charge on any atom is -0.466 e. The lowest BCUT2D eigenvalue weighted by Crippen LogP contribution is -2.51. The molecule has 0 aromatic heterocycles. The first kappa shape index (κ1) is 22.3. The minimum atomic E-state index is -0.908. The molecule has 1 aliphatic carbocycles. The van der Waals surface area contributed by atoms with E-state index in [-0.39, 0.29) is 24.9 Å². The van der Waals surface area contributed by atoms with E-state index in [0.717, 1.165) is 0 Å². The molecule has 1 aromatic rings. The lowest BCUT2D eigenvalue weighted by molar-refractivity contribution is -0.145. The quantitative estimate of drug-likeness (QED) is 0.537. The van der Waals surface area contributed by atoms with E-state index in [9.17, 15) is 14.4 Å². The van der Waals surface area contributed by atoms with Crippen LogP contribution in [0.15, 0.2) is 30.3 Å². The summed E-state index contributed by atoms with van der Waals surface area (Å²) in [6.07, 6.45) is -0.518. The highest BCUT2D eigenvalue weighted by Crippen LogP contribution is 2.54. The molecule has 0 bridgehead atoms. The summed E-state index contributed by atoms with van der Waals surface area (Å²) < 4.78 is 16.7. The molecule has 7 nitrogen and oxygen atoms in total. The molecule has 4 atom stereocenters. The molecule has 1 amide bonds. The average molecular weight is 418 g/mol. The van der Waals surface area contributed by atoms with Crippen LogP contribution in [0.1, 0.15) is 51.9 Å². The van der Waals surface area contributed by atoms with E-state index in [1.807, 2.05) is 6.07 Å². The minimum absolute atomic E-state index is 0.118. The maximum Gasteiger partial charge on any atom is 0.412 e. The van der Waals surface area contributed by atoms with Crippen molar-refractivity contribution < 1.29 is 28.6 Å². The standard InChI is InChI=1S/C23H31NO6/c1-7-28-20(26)18-16(17(18)19(25)14-11-9-8-10-12-14)15-13-29-23(5,6)24(15)21(27)30-22(2,3)4/h8-12,15-18H,7,13H2,1-6H3/t15-,16+,17-,18-/m0/s1. The molecular weight excluding hydrogens is 386 g/mol. The fourth-order valence-corrected chi connectivity index (χ4v) is 4.27. The van der Waals surface area contributed by atoms with Crippen LogP contribution >= 0.6 is 0 Å². The number of esters is 1. The van der Waals surface area contributed by atoms with E-state index < -0.39 is 41.3 Å². The number of hydrogen-bond donors (Lipinski definition) is 0. The summed E-state index contributed by atoms with van der Waals surface area (Å²) in [6, 6.07) is 8.43. The predicted octanol–water partition coefficient (Wildman–Crippen LogP) is 3.67. The number of ether oxygens (including phenoxy) is 3. The molecule has 164 valence electrons. The van der Waals surface area contributed by atoms with Gasteiger partial charge in [0.2, 0.25) is 0 Å². The molecule has 30 heavy (non-hydrogen) atoms. The van der Waals surface area contributed by atoms with Gasteiger partial charge in [0.25, 0.3) is 0 Å². The monoisotopic (exact) mass is 417 g/mol. The summed E-state index contributed by atoms with van der Waals surface area (Å²) in [5.41, 5.74) is -1.04. The molecular formula is C23H31NO6. The van der Waals surface area contributed by atoms with Gasteiger partial charge in [-0.3, -0.25) is 14.5 Å². The van der Waals surface area contributed by atoms with Gasteiger partial charge < -0.3 is 14.2 Å². The summed E-state index contributed by atoms with van der Waals surface area (Å²) in [6.45, 7) is 11.2. The van der Waals surface area contributed by atoms with Crippen molar-refractivity contribution in [2.24, 2.45) is 17.8 Å². The van der Waals surface area contributed by atoms with Crippen LogP contribution in [0.3, 0.4) is 0 Å². The molecule has 2 fully saturated rings. The number of ketones is 1. The van der Waals surface area contributed by atoms with E-state index in [4.69, 9.17) is 14.2 Å². The molecule has 1 aromatic carbocycles. The van der Waals surface area contributed by atoms with Crippen molar-refractivity contribution in [3.05, 3.63) is 35.9 Å². The van der Waals surface area contributed by atoms with Gasteiger partial charge in [0.05, 0.1) is 25.2 Å². The largest absolute Gasteiger partial charge is 0.466 e. The normalized spacial score (nSPS) is 27.5. The molecule has 1 heterocycles. The van der Waals surface area contributed by atoms with Gasteiger partial charge in [-0.05, 0) is 41.5 Å². The van der Waals surface area contributed by atoms with Crippen LogP contribution in [0.25, 0.3) is 0 Å². The second-order valence-electron chi connectivity index (χ2n) is 9.29. The van der Waals surface area contributed by atoms with Gasteiger partial charge in [0.1, 0.15) is 11.3 Å². The highest BCUT2D eigenvalue weighted by molar-refractivity contribution is 6.03. The van der Waals surface area contributed by atoms with Crippen molar-refractivity contribution >= 4 is 17.8 Å². The Balaban J connectivity index is 1.90. The Kier molecular flexibility index (Phi) is 5.96. The summed E-state index contributed by atoms with van der Waals surface area (Å²) in [5.74, 6) is -2.08. The van der Waals surface area contributed by atoms with Gasteiger partial charge >= 0.3 is 12.1 Å². The van der Waals surface area contributed by atoms with Gasteiger partial charge in [-0.1, -0.05) is 30.3 Å². The molecule has 0 spiro atoms. The molecule has 1 saturated heterocycles. The van der Waals surface area contributed by atoms with Crippen LogP contribution in [-0.4, -0.2) is 53.3 Å². The van der Waals surface area contributed by atoms with E-state index in [2.05, 4.69) is 0 Å². The molecule has 7 heteroatoms. The third kappa shape index (κ3) is 4.36. The fourth-order valence-electron chi connectivity index (χ4n) is 4.27. The molecule has 0 unspecified atom stereocenters. The Morgan fingerprint density at radius 1 is 1.13 bits per heavy atom. The van der Waals surface area contributed by atoms with Gasteiger partial charge in [-0.25, -0.2) is 4.79 Å². The van der Waals surface area contributed by atoms with Crippen molar-refractivity contribution in [3.8, 4) is 0 Å². The molecule has 3 rings (SSSR count). The van der Waals surface area contributed by atoms with Crippen LogP contribution in [0.4, 0.5) is 4.79 Å². The van der Waals surface area contributed by atoms with E-state index >= 15 is 0 Å². The first-order valence-corrected chi connectivity index (χ1v) is 10.4. The molecule has 0 radical (unpaired) electrons. The number of carbonyl (C=O) groups excluding carboxylic acids is 3. The Morgan fingerprint density at radius 3 is 2.33 bits per heavy atom. The van der Waals surface area contributed by atoms with Crippen LogP contribution < -0.4 is 0 Å².